The number of benzene rings is 2. The van der Waals surface area contributed by atoms with E-state index >= 15 is 0 Å². The van der Waals surface area contributed by atoms with Crippen LogP contribution in [0.15, 0.2) is 52.3 Å². The number of carbonyl (C=O) groups is 1. The Morgan fingerprint density at radius 3 is 2.38 bits per heavy atom. The van der Waals surface area contributed by atoms with Crippen LogP contribution in [0.5, 0.6) is 5.75 Å². The van der Waals surface area contributed by atoms with Crippen molar-refractivity contribution >= 4 is 73.6 Å². The number of rotatable bonds is 4. The highest BCUT2D eigenvalue weighted by atomic mass is 35.5. The van der Waals surface area contributed by atoms with Crippen LogP contribution in [0.4, 0.5) is 0 Å². The number of hydrogen-bond acceptors (Lipinski definition) is 6. The first-order valence-electron chi connectivity index (χ1n) is 6.99. The maximum atomic E-state index is 12.3. The number of halogens is 2. The van der Waals surface area contributed by atoms with Crippen molar-refractivity contribution in [3.8, 4) is 5.75 Å². The summed E-state index contributed by atoms with van der Waals surface area (Å²) in [6.07, 6.45) is 1.60. The van der Waals surface area contributed by atoms with Crippen molar-refractivity contribution in [1.82, 2.24) is 5.32 Å². The summed E-state index contributed by atoms with van der Waals surface area (Å²) in [6, 6.07) is 10.1. The first kappa shape index (κ1) is 19.2. The van der Waals surface area contributed by atoms with Crippen LogP contribution in [0, 0.1) is 0 Å². The standard InChI is InChI=1S/C16H9Cl2NO4S3/c17-10-2-4-11(5-3-10)26(21,22)23-13-6-1-9(7-12(13)18)8-14-15(20)19-16(24)25-14/h1-8H,(H,19,20,24). The number of amides is 1. The molecule has 1 heterocycles. The van der Waals surface area contributed by atoms with E-state index in [1.807, 2.05) is 0 Å². The summed E-state index contributed by atoms with van der Waals surface area (Å²) in [5.74, 6) is -0.315. The molecule has 1 amide bonds. The van der Waals surface area contributed by atoms with E-state index in [0.29, 0.717) is 19.8 Å². The summed E-state index contributed by atoms with van der Waals surface area (Å²) in [4.78, 5) is 12.1. The van der Waals surface area contributed by atoms with Gasteiger partial charge in [-0.25, -0.2) is 0 Å². The summed E-state index contributed by atoms with van der Waals surface area (Å²) >= 11 is 17.9. The van der Waals surface area contributed by atoms with Crippen molar-refractivity contribution in [1.29, 1.82) is 0 Å². The van der Waals surface area contributed by atoms with Gasteiger partial charge in [0.15, 0.2) is 5.75 Å². The van der Waals surface area contributed by atoms with Gasteiger partial charge in [-0.1, -0.05) is 53.2 Å². The molecule has 0 aliphatic carbocycles. The van der Waals surface area contributed by atoms with Crippen molar-refractivity contribution in [3.05, 3.63) is 63.0 Å². The molecule has 1 aliphatic rings. The molecule has 0 saturated carbocycles. The molecular weight excluding hydrogens is 437 g/mol. The highest BCUT2D eigenvalue weighted by molar-refractivity contribution is 8.26. The minimum absolute atomic E-state index is 0.0252. The fourth-order valence-corrected chi connectivity index (χ4v) is 4.41. The molecule has 0 atom stereocenters. The number of thioether (sulfide) groups is 1. The first-order valence-corrected chi connectivity index (χ1v) is 10.4. The third-order valence-electron chi connectivity index (χ3n) is 3.20. The quantitative estimate of drug-likeness (QED) is 0.430. The van der Waals surface area contributed by atoms with Gasteiger partial charge in [0.2, 0.25) is 0 Å². The Kier molecular flexibility index (Phi) is 5.59. The van der Waals surface area contributed by atoms with E-state index in [2.05, 4.69) is 5.32 Å². The average molecular weight is 446 g/mol. The predicted octanol–water partition coefficient (Wildman–Crippen LogP) is 4.25. The fraction of sp³-hybridized carbons (Fsp3) is 0. The van der Waals surface area contributed by atoms with Crippen LogP contribution in [0.2, 0.25) is 10.0 Å². The smallest absolute Gasteiger partial charge is 0.339 e. The van der Waals surface area contributed by atoms with Crippen LogP contribution < -0.4 is 9.50 Å². The van der Waals surface area contributed by atoms with Gasteiger partial charge in [0.1, 0.15) is 9.22 Å². The van der Waals surface area contributed by atoms with Crippen molar-refractivity contribution in [2.24, 2.45) is 0 Å². The zero-order valence-corrected chi connectivity index (χ0v) is 16.7. The van der Waals surface area contributed by atoms with Crippen LogP contribution in [-0.2, 0) is 14.9 Å². The summed E-state index contributed by atoms with van der Waals surface area (Å²) in [5.41, 5.74) is 0.605. The molecule has 0 unspecified atom stereocenters. The first-order chi connectivity index (χ1) is 12.2. The molecule has 26 heavy (non-hydrogen) atoms. The van der Waals surface area contributed by atoms with Gasteiger partial charge in [-0.3, -0.25) is 4.79 Å². The Bertz CT molecular complexity index is 1030. The Morgan fingerprint density at radius 2 is 1.81 bits per heavy atom. The van der Waals surface area contributed by atoms with Crippen LogP contribution in [0.25, 0.3) is 6.08 Å². The molecule has 5 nitrogen and oxygen atoms in total. The SMILES string of the molecule is O=C1NC(=S)SC1=Cc1ccc(OS(=O)(=O)c2ccc(Cl)cc2)c(Cl)c1. The molecule has 0 bridgehead atoms. The Morgan fingerprint density at radius 1 is 1.12 bits per heavy atom. The lowest BCUT2D eigenvalue weighted by molar-refractivity contribution is -0.115. The normalized spacial score (nSPS) is 16.0. The highest BCUT2D eigenvalue weighted by Crippen LogP contribution is 2.31. The third-order valence-corrected chi connectivity index (χ3v) is 6.16. The second-order valence-corrected chi connectivity index (χ2v) is 9.14. The Hall–Kier alpha value is -1.58. The van der Waals surface area contributed by atoms with Gasteiger partial charge >= 0.3 is 10.1 Å². The minimum atomic E-state index is -4.05. The average Bonchev–Trinajstić information content (AvgIpc) is 2.88. The molecule has 2 aromatic carbocycles. The maximum absolute atomic E-state index is 12.3. The maximum Gasteiger partial charge on any atom is 0.339 e. The molecular formula is C16H9Cl2NO4S3. The van der Waals surface area contributed by atoms with Crippen LogP contribution in [0.3, 0.4) is 0 Å². The lowest BCUT2D eigenvalue weighted by atomic mass is 10.2. The van der Waals surface area contributed by atoms with E-state index < -0.39 is 10.1 Å². The number of thiocarbonyl (C=S) groups is 1. The second kappa shape index (κ2) is 7.58. The topological polar surface area (TPSA) is 72.5 Å². The lowest BCUT2D eigenvalue weighted by Crippen LogP contribution is -2.17. The lowest BCUT2D eigenvalue weighted by Gasteiger charge is -2.09. The minimum Gasteiger partial charge on any atom is -0.377 e. The summed E-state index contributed by atoms with van der Waals surface area (Å²) in [5, 5.41) is 3.00. The number of hydrogen-bond donors (Lipinski definition) is 1. The van der Waals surface area contributed by atoms with Gasteiger partial charge in [-0.15, -0.1) is 0 Å². The van der Waals surface area contributed by atoms with Gasteiger partial charge in [0.05, 0.1) is 9.93 Å². The van der Waals surface area contributed by atoms with Gasteiger partial charge in [-0.2, -0.15) is 8.42 Å². The van der Waals surface area contributed by atoms with E-state index in [1.165, 1.54) is 36.4 Å². The van der Waals surface area contributed by atoms with Gasteiger partial charge in [0, 0.05) is 5.02 Å². The van der Waals surface area contributed by atoms with Crippen molar-refractivity contribution < 1.29 is 17.4 Å². The largest absolute Gasteiger partial charge is 0.377 e. The molecule has 1 saturated heterocycles. The number of nitrogens with one attached hydrogen (secondary N) is 1. The van der Waals surface area contributed by atoms with Crippen LogP contribution in [-0.4, -0.2) is 18.6 Å². The Balaban J connectivity index is 1.84. The van der Waals surface area contributed by atoms with E-state index in [0.717, 1.165) is 11.8 Å². The fourth-order valence-electron chi connectivity index (χ4n) is 2.01. The molecule has 3 rings (SSSR count). The third kappa shape index (κ3) is 4.39. The molecule has 0 spiro atoms. The molecule has 0 aromatic heterocycles. The van der Waals surface area contributed by atoms with E-state index in [1.54, 1.807) is 12.1 Å². The van der Waals surface area contributed by atoms with Crippen LogP contribution in [0.1, 0.15) is 5.56 Å². The van der Waals surface area contributed by atoms with Crippen LogP contribution >= 0.6 is 47.2 Å². The van der Waals surface area contributed by atoms with Crippen molar-refractivity contribution in [2.45, 2.75) is 4.90 Å². The highest BCUT2D eigenvalue weighted by Gasteiger charge is 2.22. The summed E-state index contributed by atoms with van der Waals surface area (Å²) < 4.78 is 30.1. The van der Waals surface area contributed by atoms with E-state index in [9.17, 15) is 13.2 Å². The van der Waals surface area contributed by atoms with Gasteiger partial charge in [-0.05, 0) is 48.0 Å². The molecule has 10 heteroatoms. The van der Waals surface area contributed by atoms with Gasteiger partial charge < -0.3 is 9.50 Å². The second-order valence-electron chi connectivity index (χ2n) is 5.03. The molecule has 0 radical (unpaired) electrons. The Labute approximate surface area is 169 Å². The summed E-state index contributed by atoms with van der Waals surface area (Å²) in [7, 11) is -4.05. The molecule has 2 aromatic rings. The molecule has 134 valence electrons. The summed E-state index contributed by atoms with van der Waals surface area (Å²) in [6.45, 7) is 0. The molecule has 1 aliphatic heterocycles. The predicted molar refractivity (Wildman–Crippen MR) is 107 cm³/mol. The number of carbonyl (C=O) groups excluding carboxylic acids is 1. The van der Waals surface area contributed by atoms with E-state index in [-0.39, 0.29) is 21.6 Å². The molecule has 1 fully saturated rings. The molecule has 1 N–H and O–H groups in total. The zero-order chi connectivity index (χ0) is 18.9. The zero-order valence-electron chi connectivity index (χ0n) is 12.7. The van der Waals surface area contributed by atoms with Crippen molar-refractivity contribution in [3.63, 3.8) is 0 Å². The van der Waals surface area contributed by atoms with Crippen molar-refractivity contribution in [2.75, 3.05) is 0 Å². The van der Waals surface area contributed by atoms with E-state index in [4.69, 9.17) is 39.6 Å². The monoisotopic (exact) mass is 445 g/mol. The van der Waals surface area contributed by atoms with Gasteiger partial charge in [0.25, 0.3) is 5.91 Å².